The zero-order valence-electron chi connectivity index (χ0n) is 13.6. The van der Waals surface area contributed by atoms with Gasteiger partial charge in [0.05, 0.1) is 11.4 Å². The minimum Gasteiger partial charge on any atom is -0.504 e. The molecule has 0 aromatic heterocycles. The van der Waals surface area contributed by atoms with Gasteiger partial charge in [-0.25, -0.2) is 0 Å². The van der Waals surface area contributed by atoms with E-state index in [4.69, 9.17) is 0 Å². The molecule has 1 amide bonds. The molecule has 5 heteroatoms. The second kappa shape index (κ2) is 5.97. The van der Waals surface area contributed by atoms with Gasteiger partial charge in [-0.3, -0.25) is 9.69 Å². The number of anilines is 2. The van der Waals surface area contributed by atoms with E-state index in [9.17, 15) is 20.1 Å². The Labute approximate surface area is 149 Å². The number of phenols is 3. The van der Waals surface area contributed by atoms with Gasteiger partial charge in [0.15, 0.2) is 17.2 Å². The molecule has 1 aliphatic rings. The Kier molecular flexibility index (Phi) is 3.62. The highest BCUT2D eigenvalue weighted by molar-refractivity contribution is 6.14. The molecule has 26 heavy (non-hydrogen) atoms. The lowest BCUT2D eigenvalue weighted by atomic mass is 10.1. The fraction of sp³-hybridized carbons (Fsp3) is 0. The van der Waals surface area contributed by atoms with Crippen LogP contribution in [0.5, 0.6) is 17.2 Å². The Hall–Kier alpha value is -3.73. The molecule has 0 bridgehead atoms. The van der Waals surface area contributed by atoms with Crippen LogP contribution in [0, 0.1) is 0 Å². The Morgan fingerprint density at radius 2 is 1.19 bits per heavy atom. The summed E-state index contributed by atoms with van der Waals surface area (Å²) in [7, 11) is 0. The van der Waals surface area contributed by atoms with Gasteiger partial charge in [0, 0.05) is 5.56 Å². The molecule has 0 atom stereocenters. The zero-order chi connectivity index (χ0) is 18.3. The number of rotatable bonds is 1. The number of hydrogen-bond donors (Lipinski definition) is 3. The van der Waals surface area contributed by atoms with Crippen LogP contribution in [0.4, 0.5) is 11.4 Å². The molecule has 128 valence electrons. The number of hydrogen-bond acceptors (Lipinski definition) is 4. The molecule has 0 aliphatic carbocycles. The first kappa shape index (κ1) is 15.8. The van der Waals surface area contributed by atoms with Crippen LogP contribution in [0.1, 0.15) is 21.5 Å². The second-order valence-corrected chi connectivity index (χ2v) is 5.95. The predicted molar refractivity (Wildman–Crippen MR) is 99.7 cm³/mol. The van der Waals surface area contributed by atoms with Crippen molar-refractivity contribution in [1.29, 1.82) is 0 Å². The van der Waals surface area contributed by atoms with E-state index in [-0.39, 0.29) is 5.56 Å². The smallest absolute Gasteiger partial charge is 0.263 e. The van der Waals surface area contributed by atoms with E-state index in [0.717, 1.165) is 23.3 Å². The number of aromatic hydroxyl groups is 3. The molecular formula is C21H15NO4. The third-order valence-corrected chi connectivity index (χ3v) is 4.32. The highest BCUT2D eigenvalue weighted by Gasteiger charge is 2.26. The molecule has 0 radical (unpaired) electrons. The fourth-order valence-corrected chi connectivity index (χ4v) is 3.05. The van der Waals surface area contributed by atoms with Crippen molar-refractivity contribution in [2.75, 3.05) is 4.90 Å². The topological polar surface area (TPSA) is 81.0 Å². The first-order valence-corrected chi connectivity index (χ1v) is 8.02. The number of carbonyl (C=O) groups is 1. The maximum absolute atomic E-state index is 13.3. The normalized spacial score (nSPS) is 12.2. The standard InChI is InChI=1S/C21H15NO4/c23-18-11-15(12-19(24)20(18)25)21(26)22-16-7-3-1-5-13(16)9-10-14-6-2-4-8-17(14)22/h1-12,23-25H. The first-order valence-electron chi connectivity index (χ1n) is 8.02. The van der Waals surface area contributed by atoms with E-state index < -0.39 is 23.2 Å². The molecule has 0 unspecified atom stereocenters. The van der Waals surface area contributed by atoms with Crippen molar-refractivity contribution in [3.8, 4) is 17.2 Å². The minimum absolute atomic E-state index is 0.0595. The van der Waals surface area contributed by atoms with Crippen molar-refractivity contribution >= 4 is 29.4 Å². The molecule has 1 heterocycles. The third-order valence-electron chi connectivity index (χ3n) is 4.32. The summed E-state index contributed by atoms with van der Waals surface area (Å²) < 4.78 is 0. The summed E-state index contributed by atoms with van der Waals surface area (Å²) in [6.07, 6.45) is 3.88. The Morgan fingerprint density at radius 3 is 1.69 bits per heavy atom. The van der Waals surface area contributed by atoms with Crippen molar-refractivity contribution in [2.45, 2.75) is 0 Å². The Morgan fingerprint density at radius 1 is 0.731 bits per heavy atom. The van der Waals surface area contributed by atoms with E-state index in [1.165, 1.54) is 4.90 Å². The van der Waals surface area contributed by atoms with Crippen LogP contribution in [0.2, 0.25) is 0 Å². The van der Waals surface area contributed by atoms with Gasteiger partial charge in [0.25, 0.3) is 5.91 Å². The number of phenolic OH excluding ortho intramolecular Hbond substituents is 3. The van der Waals surface area contributed by atoms with E-state index in [0.29, 0.717) is 11.4 Å². The number of benzene rings is 3. The number of fused-ring (bicyclic) bond motifs is 2. The van der Waals surface area contributed by atoms with Crippen LogP contribution in [0.3, 0.4) is 0 Å². The van der Waals surface area contributed by atoms with E-state index in [2.05, 4.69) is 0 Å². The van der Waals surface area contributed by atoms with Crippen LogP contribution in [0.15, 0.2) is 60.7 Å². The summed E-state index contributed by atoms with van der Waals surface area (Å²) in [6, 6.07) is 17.2. The van der Waals surface area contributed by atoms with Gasteiger partial charge >= 0.3 is 0 Å². The molecular weight excluding hydrogens is 330 g/mol. The summed E-state index contributed by atoms with van der Waals surface area (Å²) in [5, 5.41) is 29.1. The van der Waals surface area contributed by atoms with Crippen molar-refractivity contribution in [2.24, 2.45) is 0 Å². The van der Waals surface area contributed by atoms with Crippen molar-refractivity contribution in [1.82, 2.24) is 0 Å². The van der Waals surface area contributed by atoms with Crippen molar-refractivity contribution in [3.05, 3.63) is 77.4 Å². The molecule has 3 aromatic rings. The SMILES string of the molecule is O=C(c1cc(O)c(O)c(O)c1)N1c2ccccc2C=Cc2ccccc21. The van der Waals surface area contributed by atoms with Crippen LogP contribution in [0.25, 0.3) is 12.2 Å². The van der Waals surface area contributed by atoms with Crippen LogP contribution < -0.4 is 4.90 Å². The number of amides is 1. The summed E-state index contributed by atoms with van der Waals surface area (Å²) in [6.45, 7) is 0. The van der Waals surface area contributed by atoms with Gasteiger partial charge in [-0.1, -0.05) is 48.6 Å². The molecule has 3 N–H and O–H groups in total. The lowest BCUT2D eigenvalue weighted by molar-refractivity contribution is 0.0998. The summed E-state index contributed by atoms with van der Waals surface area (Å²) in [5.41, 5.74) is 3.16. The fourth-order valence-electron chi connectivity index (χ4n) is 3.05. The molecule has 0 spiro atoms. The maximum Gasteiger partial charge on any atom is 0.263 e. The third kappa shape index (κ3) is 2.46. The molecule has 0 saturated carbocycles. The summed E-state index contributed by atoms with van der Waals surface area (Å²) >= 11 is 0. The lowest BCUT2D eigenvalue weighted by Crippen LogP contribution is -2.26. The predicted octanol–water partition coefficient (Wildman–Crippen LogP) is 4.27. The highest BCUT2D eigenvalue weighted by atomic mass is 16.3. The maximum atomic E-state index is 13.3. The van der Waals surface area contributed by atoms with Crippen molar-refractivity contribution < 1.29 is 20.1 Å². The van der Waals surface area contributed by atoms with Crippen molar-refractivity contribution in [3.63, 3.8) is 0 Å². The lowest BCUT2D eigenvalue weighted by Gasteiger charge is -2.25. The summed E-state index contributed by atoms with van der Waals surface area (Å²) in [5.74, 6) is -2.19. The van der Waals surface area contributed by atoms with Gasteiger partial charge in [-0.05, 0) is 35.4 Å². The average molecular weight is 345 g/mol. The van der Waals surface area contributed by atoms with Gasteiger partial charge in [-0.2, -0.15) is 0 Å². The van der Waals surface area contributed by atoms with Gasteiger partial charge in [-0.15, -0.1) is 0 Å². The van der Waals surface area contributed by atoms with E-state index in [1.54, 1.807) is 0 Å². The largest absolute Gasteiger partial charge is 0.504 e. The van der Waals surface area contributed by atoms with Gasteiger partial charge in [0.1, 0.15) is 0 Å². The number of para-hydroxylation sites is 2. The number of nitrogens with zero attached hydrogens (tertiary/aromatic N) is 1. The minimum atomic E-state index is -0.653. The molecule has 0 saturated heterocycles. The zero-order valence-corrected chi connectivity index (χ0v) is 13.6. The first-order chi connectivity index (χ1) is 12.6. The van der Waals surface area contributed by atoms with Crippen LogP contribution in [-0.2, 0) is 0 Å². The van der Waals surface area contributed by atoms with Gasteiger partial charge in [0.2, 0.25) is 0 Å². The summed E-state index contributed by atoms with van der Waals surface area (Å²) in [4.78, 5) is 14.8. The van der Waals surface area contributed by atoms with Crippen LogP contribution in [-0.4, -0.2) is 21.2 Å². The molecule has 3 aromatic carbocycles. The van der Waals surface area contributed by atoms with E-state index in [1.807, 2.05) is 60.7 Å². The molecule has 0 fully saturated rings. The Bertz CT molecular complexity index is 983. The molecule has 1 aliphatic heterocycles. The average Bonchev–Trinajstić information content (AvgIpc) is 2.82. The van der Waals surface area contributed by atoms with Gasteiger partial charge < -0.3 is 15.3 Å². The quantitative estimate of drug-likeness (QED) is 0.576. The second-order valence-electron chi connectivity index (χ2n) is 5.95. The molecule has 5 nitrogen and oxygen atoms in total. The monoisotopic (exact) mass is 345 g/mol. The highest BCUT2D eigenvalue weighted by Crippen LogP contribution is 2.40. The van der Waals surface area contributed by atoms with E-state index >= 15 is 0 Å². The number of carbonyl (C=O) groups excluding carboxylic acids is 1. The van der Waals surface area contributed by atoms with Crippen LogP contribution >= 0.6 is 0 Å². The molecule has 4 rings (SSSR count). The Balaban J connectivity index is 1.93.